The molecule has 16 heavy (non-hydrogen) atoms. The molecule has 1 aromatic rings. The number of rotatable bonds is 6. The van der Waals surface area contributed by atoms with Crippen molar-refractivity contribution in [3.8, 4) is 5.88 Å². The van der Waals surface area contributed by atoms with Crippen molar-refractivity contribution in [1.29, 1.82) is 0 Å². The van der Waals surface area contributed by atoms with Crippen molar-refractivity contribution >= 4 is 5.82 Å². The van der Waals surface area contributed by atoms with Gasteiger partial charge in [-0.2, -0.15) is 0 Å². The van der Waals surface area contributed by atoms with E-state index in [4.69, 9.17) is 4.74 Å². The van der Waals surface area contributed by atoms with E-state index in [-0.39, 0.29) is 6.10 Å². The third kappa shape index (κ3) is 3.34. The van der Waals surface area contributed by atoms with E-state index in [1.165, 1.54) is 6.33 Å². The van der Waals surface area contributed by atoms with Gasteiger partial charge in [-0.25, -0.2) is 9.97 Å². The van der Waals surface area contributed by atoms with Gasteiger partial charge in [-0.05, 0) is 13.3 Å². The summed E-state index contributed by atoms with van der Waals surface area (Å²) < 4.78 is 5.09. The average molecular weight is 225 g/mol. The summed E-state index contributed by atoms with van der Waals surface area (Å²) >= 11 is 0. The van der Waals surface area contributed by atoms with Crippen molar-refractivity contribution < 1.29 is 9.84 Å². The Hall–Kier alpha value is -1.36. The van der Waals surface area contributed by atoms with Crippen molar-refractivity contribution in [2.24, 2.45) is 0 Å². The minimum absolute atomic E-state index is 0.342. The summed E-state index contributed by atoms with van der Waals surface area (Å²) in [6, 6.07) is 0. The van der Waals surface area contributed by atoms with E-state index in [0.717, 1.165) is 18.4 Å². The Kier molecular flexibility index (Phi) is 4.98. The molecule has 90 valence electrons. The van der Waals surface area contributed by atoms with E-state index in [2.05, 4.69) is 15.3 Å². The molecular weight excluding hydrogens is 206 g/mol. The van der Waals surface area contributed by atoms with Gasteiger partial charge in [0.15, 0.2) is 0 Å². The van der Waals surface area contributed by atoms with E-state index < -0.39 is 0 Å². The van der Waals surface area contributed by atoms with Crippen LogP contribution in [0, 0.1) is 6.92 Å². The van der Waals surface area contributed by atoms with E-state index in [1.807, 2.05) is 13.8 Å². The number of aromatic nitrogens is 2. The molecule has 1 atom stereocenters. The van der Waals surface area contributed by atoms with Gasteiger partial charge >= 0.3 is 0 Å². The molecule has 0 amide bonds. The van der Waals surface area contributed by atoms with Crippen LogP contribution in [0.25, 0.3) is 0 Å². The molecule has 0 aromatic carbocycles. The van der Waals surface area contributed by atoms with E-state index >= 15 is 0 Å². The molecule has 0 radical (unpaired) electrons. The van der Waals surface area contributed by atoms with Crippen LogP contribution in [0.1, 0.15) is 25.3 Å². The number of aliphatic hydroxyl groups excluding tert-OH is 1. The van der Waals surface area contributed by atoms with Crippen LogP contribution in [0.5, 0.6) is 5.88 Å². The van der Waals surface area contributed by atoms with Gasteiger partial charge in [0.25, 0.3) is 0 Å². The lowest BCUT2D eigenvalue weighted by Gasteiger charge is -2.13. The van der Waals surface area contributed by atoms with Crippen LogP contribution in [0.2, 0.25) is 0 Å². The molecule has 1 heterocycles. The summed E-state index contributed by atoms with van der Waals surface area (Å²) in [4.78, 5) is 8.09. The van der Waals surface area contributed by atoms with Crippen molar-refractivity contribution in [2.75, 3.05) is 19.0 Å². The van der Waals surface area contributed by atoms with Crippen LogP contribution in [0.3, 0.4) is 0 Å². The first-order chi connectivity index (χ1) is 7.69. The monoisotopic (exact) mass is 225 g/mol. The Labute approximate surface area is 95.9 Å². The molecule has 0 fully saturated rings. The lowest BCUT2D eigenvalue weighted by atomic mass is 10.2. The topological polar surface area (TPSA) is 67.3 Å². The first-order valence-electron chi connectivity index (χ1n) is 5.46. The Morgan fingerprint density at radius 1 is 1.50 bits per heavy atom. The Morgan fingerprint density at radius 2 is 2.25 bits per heavy atom. The molecule has 2 N–H and O–H groups in total. The number of hydrogen-bond acceptors (Lipinski definition) is 5. The largest absolute Gasteiger partial charge is 0.481 e. The molecular formula is C11H19N3O2. The molecule has 5 nitrogen and oxygen atoms in total. The minimum Gasteiger partial charge on any atom is -0.481 e. The van der Waals surface area contributed by atoms with Gasteiger partial charge in [0.1, 0.15) is 12.1 Å². The van der Waals surface area contributed by atoms with Crippen LogP contribution in [-0.4, -0.2) is 34.8 Å². The van der Waals surface area contributed by atoms with Gasteiger partial charge in [0.05, 0.1) is 18.8 Å². The highest BCUT2D eigenvalue weighted by molar-refractivity contribution is 5.47. The molecule has 0 aliphatic rings. The number of nitrogens with one attached hydrogen (secondary N) is 1. The van der Waals surface area contributed by atoms with Gasteiger partial charge in [-0.3, -0.25) is 0 Å². The second kappa shape index (κ2) is 6.27. The van der Waals surface area contributed by atoms with Gasteiger partial charge in [-0.1, -0.05) is 13.3 Å². The smallest absolute Gasteiger partial charge is 0.221 e. The number of hydrogen-bond donors (Lipinski definition) is 2. The first kappa shape index (κ1) is 12.7. The minimum atomic E-state index is -0.342. The van der Waals surface area contributed by atoms with E-state index in [1.54, 1.807) is 7.11 Å². The zero-order valence-corrected chi connectivity index (χ0v) is 10.0. The standard InChI is InChI=1S/C11H19N3O2/c1-4-5-9(15)6-12-10-8(2)11(16-3)14-7-13-10/h7,9,15H,4-6H2,1-3H3,(H,12,13,14). The Bertz CT molecular complexity index is 331. The highest BCUT2D eigenvalue weighted by atomic mass is 16.5. The van der Waals surface area contributed by atoms with Crippen molar-refractivity contribution in [3.05, 3.63) is 11.9 Å². The predicted octanol–water partition coefficient (Wildman–Crippen LogP) is 1.37. The maximum atomic E-state index is 9.59. The second-order valence-corrected chi connectivity index (χ2v) is 3.68. The van der Waals surface area contributed by atoms with Gasteiger partial charge in [0.2, 0.25) is 5.88 Å². The highest BCUT2D eigenvalue weighted by Gasteiger charge is 2.08. The third-order valence-electron chi connectivity index (χ3n) is 2.36. The zero-order valence-electron chi connectivity index (χ0n) is 10.0. The van der Waals surface area contributed by atoms with Crippen molar-refractivity contribution in [1.82, 2.24) is 9.97 Å². The van der Waals surface area contributed by atoms with Gasteiger partial charge in [-0.15, -0.1) is 0 Å². The summed E-state index contributed by atoms with van der Waals surface area (Å²) in [7, 11) is 1.57. The van der Waals surface area contributed by atoms with Crippen molar-refractivity contribution in [3.63, 3.8) is 0 Å². The SMILES string of the molecule is CCCC(O)CNc1ncnc(OC)c1C. The second-order valence-electron chi connectivity index (χ2n) is 3.68. The molecule has 1 rings (SSSR count). The summed E-state index contributed by atoms with van der Waals surface area (Å²) in [5.74, 6) is 1.27. The normalized spacial score (nSPS) is 12.2. The summed E-state index contributed by atoms with van der Waals surface area (Å²) in [6.45, 7) is 4.42. The number of ether oxygens (including phenoxy) is 1. The molecule has 5 heteroatoms. The maximum Gasteiger partial charge on any atom is 0.221 e. The number of nitrogens with zero attached hydrogens (tertiary/aromatic N) is 2. The summed E-state index contributed by atoms with van der Waals surface area (Å²) in [5.41, 5.74) is 0.855. The highest BCUT2D eigenvalue weighted by Crippen LogP contribution is 2.19. The Morgan fingerprint density at radius 3 is 2.88 bits per heavy atom. The van der Waals surface area contributed by atoms with Gasteiger partial charge < -0.3 is 15.2 Å². The molecule has 0 saturated heterocycles. The zero-order chi connectivity index (χ0) is 12.0. The fourth-order valence-corrected chi connectivity index (χ4v) is 1.47. The molecule has 1 unspecified atom stereocenters. The lowest BCUT2D eigenvalue weighted by Crippen LogP contribution is -2.20. The van der Waals surface area contributed by atoms with Crippen molar-refractivity contribution in [2.45, 2.75) is 32.8 Å². The summed E-state index contributed by atoms with van der Waals surface area (Å²) in [5, 5.41) is 12.7. The molecule has 0 spiro atoms. The summed E-state index contributed by atoms with van der Waals surface area (Å²) in [6.07, 6.45) is 2.86. The molecule has 0 bridgehead atoms. The molecule has 0 aliphatic heterocycles. The van der Waals surface area contributed by atoms with Gasteiger partial charge in [0, 0.05) is 6.54 Å². The lowest BCUT2D eigenvalue weighted by molar-refractivity contribution is 0.176. The number of anilines is 1. The number of methoxy groups -OCH3 is 1. The van der Waals surface area contributed by atoms with Crippen LogP contribution in [0.4, 0.5) is 5.82 Å². The molecule has 0 aliphatic carbocycles. The van der Waals surface area contributed by atoms with E-state index in [0.29, 0.717) is 18.2 Å². The fraction of sp³-hybridized carbons (Fsp3) is 0.636. The maximum absolute atomic E-state index is 9.59. The quantitative estimate of drug-likeness (QED) is 0.765. The third-order valence-corrected chi connectivity index (χ3v) is 2.36. The van der Waals surface area contributed by atoms with Crippen LogP contribution in [0.15, 0.2) is 6.33 Å². The van der Waals surface area contributed by atoms with Crippen LogP contribution < -0.4 is 10.1 Å². The molecule has 0 saturated carbocycles. The molecule has 1 aromatic heterocycles. The van der Waals surface area contributed by atoms with Crippen LogP contribution >= 0.6 is 0 Å². The predicted molar refractivity (Wildman–Crippen MR) is 62.7 cm³/mol. The Balaban J connectivity index is 2.60. The van der Waals surface area contributed by atoms with E-state index in [9.17, 15) is 5.11 Å². The van der Waals surface area contributed by atoms with Crippen LogP contribution in [-0.2, 0) is 0 Å². The fourth-order valence-electron chi connectivity index (χ4n) is 1.47. The average Bonchev–Trinajstić information content (AvgIpc) is 2.28. The first-order valence-corrected chi connectivity index (χ1v) is 5.46. The number of aliphatic hydroxyl groups is 1.